The number of hydrogen-bond donors (Lipinski definition) is 1. The summed E-state index contributed by atoms with van der Waals surface area (Å²) in [7, 11) is -1.81. The van der Waals surface area contributed by atoms with E-state index in [4.69, 9.17) is 0 Å². The number of piperidine rings is 1. The van der Waals surface area contributed by atoms with Crippen LogP contribution >= 0.6 is 31.9 Å². The lowest BCUT2D eigenvalue weighted by atomic mass is 10.00. The Hall–Kier alpha value is 0.0500. The quantitative estimate of drug-likeness (QED) is 0.806. The second kappa shape index (κ2) is 6.87. The van der Waals surface area contributed by atoms with E-state index in [2.05, 4.69) is 37.2 Å². The Morgan fingerprint density at radius 1 is 1.40 bits per heavy atom. The molecule has 7 heteroatoms. The van der Waals surface area contributed by atoms with Crippen molar-refractivity contribution in [1.29, 1.82) is 0 Å². The molecule has 1 aliphatic heterocycles. The van der Waals surface area contributed by atoms with E-state index < -0.39 is 10.0 Å². The number of nitrogens with zero attached hydrogens (tertiary/aromatic N) is 1. The first-order valence-electron chi connectivity index (χ1n) is 6.53. The van der Waals surface area contributed by atoms with Crippen molar-refractivity contribution in [3.8, 4) is 0 Å². The molecule has 1 aromatic rings. The Balaban J connectivity index is 2.18. The van der Waals surface area contributed by atoms with Crippen LogP contribution in [0.15, 0.2) is 32.0 Å². The second-order valence-corrected chi connectivity index (χ2v) is 8.86. The number of benzene rings is 1. The van der Waals surface area contributed by atoms with Crippen molar-refractivity contribution in [3.05, 3.63) is 27.1 Å². The van der Waals surface area contributed by atoms with Crippen LogP contribution in [0.25, 0.3) is 0 Å². The summed E-state index contributed by atoms with van der Waals surface area (Å²) in [4.78, 5) is 0.304. The Labute approximate surface area is 137 Å². The minimum Gasteiger partial charge on any atom is -0.316 e. The zero-order valence-electron chi connectivity index (χ0n) is 11.3. The van der Waals surface area contributed by atoms with Crippen LogP contribution in [0.4, 0.5) is 0 Å². The smallest absolute Gasteiger partial charge is 0.243 e. The summed E-state index contributed by atoms with van der Waals surface area (Å²) >= 11 is 6.64. The summed E-state index contributed by atoms with van der Waals surface area (Å²) < 4.78 is 28.1. The largest absolute Gasteiger partial charge is 0.316 e. The first-order valence-corrected chi connectivity index (χ1v) is 9.56. The van der Waals surface area contributed by atoms with Crippen molar-refractivity contribution in [3.63, 3.8) is 0 Å². The fourth-order valence-corrected chi connectivity index (χ4v) is 5.09. The van der Waals surface area contributed by atoms with Crippen LogP contribution < -0.4 is 5.32 Å². The van der Waals surface area contributed by atoms with Crippen molar-refractivity contribution in [1.82, 2.24) is 9.62 Å². The molecule has 0 bridgehead atoms. The van der Waals surface area contributed by atoms with Gasteiger partial charge < -0.3 is 5.32 Å². The van der Waals surface area contributed by atoms with Gasteiger partial charge in [-0.3, -0.25) is 0 Å². The maximum Gasteiger partial charge on any atom is 0.243 e. The lowest BCUT2D eigenvalue weighted by Crippen LogP contribution is -2.39. The van der Waals surface area contributed by atoms with Gasteiger partial charge in [-0.15, -0.1) is 0 Å². The first-order chi connectivity index (χ1) is 9.41. The molecular weight excluding hydrogens is 408 g/mol. The molecule has 1 aliphatic rings. The molecule has 1 saturated heterocycles. The zero-order valence-corrected chi connectivity index (χ0v) is 15.3. The predicted molar refractivity (Wildman–Crippen MR) is 87.3 cm³/mol. The van der Waals surface area contributed by atoms with Gasteiger partial charge in [0, 0.05) is 22.5 Å². The van der Waals surface area contributed by atoms with Gasteiger partial charge in [0.05, 0.1) is 4.90 Å². The monoisotopic (exact) mass is 424 g/mol. The Bertz CT molecular complexity index is 572. The summed E-state index contributed by atoms with van der Waals surface area (Å²) in [5.41, 5.74) is 0. The molecule has 1 N–H and O–H groups in total. The highest BCUT2D eigenvalue weighted by molar-refractivity contribution is 9.11. The lowest BCUT2D eigenvalue weighted by Gasteiger charge is -2.27. The third kappa shape index (κ3) is 3.82. The molecule has 1 fully saturated rings. The second-order valence-electron chi connectivity index (χ2n) is 5.07. The van der Waals surface area contributed by atoms with Crippen molar-refractivity contribution in [2.45, 2.75) is 17.7 Å². The summed E-state index contributed by atoms with van der Waals surface area (Å²) in [6, 6.07) is 5.19. The van der Waals surface area contributed by atoms with E-state index >= 15 is 0 Å². The van der Waals surface area contributed by atoms with Crippen LogP contribution in [0, 0.1) is 5.92 Å². The molecule has 1 unspecified atom stereocenters. The van der Waals surface area contributed by atoms with Crippen LogP contribution in [-0.4, -0.2) is 39.4 Å². The first kappa shape index (κ1) is 16.4. The van der Waals surface area contributed by atoms with Crippen molar-refractivity contribution in [2.24, 2.45) is 5.92 Å². The molecule has 2 rings (SSSR count). The Morgan fingerprint density at radius 2 is 2.15 bits per heavy atom. The third-order valence-electron chi connectivity index (χ3n) is 3.50. The van der Waals surface area contributed by atoms with Gasteiger partial charge in [-0.05, 0) is 66.0 Å². The molecule has 0 amide bonds. The standard InChI is InChI=1S/C13H18Br2N2O2S/c1-17(9-10-3-2-6-16-8-10)20(18,19)13-7-11(14)4-5-12(13)15/h4-5,7,10,16H,2-3,6,8-9H2,1H3. The van der Waals surface area contributed by atoms with Gasteiger partial charge in [0.25, 0.3) is 0 Å². The molecule has 0 saturated carbocycles. The topological polar surface area (TPSA) is 49.4 Å². The normalized spacial score (nSPS) is 20.3. The van der Waals surface area contributed by atoms with Crippen LogP contribution in [0.3, 0.4) is 0 Å². The number of nitrogens with one attached hydrogen (secondary N) is 1. The molecule has 1 atom stereocenters. The molecule has 0 spiro atoms. The Kier molecular flexibility index (Phi) is 5.64. The van der Waals surface area contributed by atoms with Crippen LogP contribution in [-0.2, 0) is 10.0 Å². The number of halogens is 2. The summed E-state index contributed by atoms with van der Waals surface area (Å²) in [5.74, 6) is 0.384. The molecular formula is C13H18Br2N2O2S. The number of hydrogen-bond acceptors (Lipinski definition) is 3. The van der Waals surface area contributed by atoms with E-state index in [0.29, 0.717) is 21.8 Å². The van der Waals surface area contributed by atoms with Gasteiger partial charge in [0.1, 0.15) is 0 Å². The molecule has 0 aliphatic carbocycles. The zero-order chi connectivity index (χ0) is 14.8. The molecule has 1 heterocycles. The highest BCUT2D eigenvalue weighted by Gasteiger charge is 2.26. The van der Waals surface area contributed by atoms with Crippen LogP contribution in [0.5, 0.6) is 0 Å². The van der Waals surface area contributed by atoms with E-state index in [0.717, 1.165) is 30.4 Å². The molecule has 0 radical (unpaired) electrons. The minimum atomic E-state index is -3.46. The SMILES string of the molecule is CN(CC1CCCNC1)S(=O)(=O)c1cc(Br)ccc1Br. The third-order valence-corrected chi connectivity index (χ3v) is 6.81. The molecule has 4 nitrogen and oxygen atoms in total. The van der Waals surface area contributed by atoms with E-state index in [-0.39, 0.29) is 0 Å². The average Bonchev–Trinajstić information content (AvgIpc) is 2.42. The molecule has 20 heavy (non-hydrogen) atoms. The number of rotatable bonds is 4. The highest BCUT2D eigenvalue weighted by Crippen LogP contribution is 2.28. The Morgan fingerprint density at radius 3 is 2.80 bits per heavy atom. The average molecular weight is 426 g/mol. The summed E-state index contributed by atoms with van der Waals surface area (Å²) in [5, 5.41) is 3.31. The van der Waals surface area contributed by atoms with E-state index in [1.54, 1.807) is 19.2 Å². The highest BCUT2D eigenvalue weighted by atomic mass is 79.9. The van der Waals surface area contributed by atoms with Crippen LogP contribution in [0.1, 0.15) is 12.8 Å². The van der Waals surface area contributed by atoms with Gasteiger partial charge in [0.2, 0.25) is 10.0 Å². The lowest BCUT2D eigenvalue weighted by molar-refractivity contribution is 0.314. The van der Waals surface area contributed by atoms with E-state index in [1.165, 1.54) is 4.31 Å². The fourth-order valence-electron chi connectivity index (χ4n) is 2.38. The maximum atomic E-state index is 12.6. The van der Waals surface area contributed by atoms with Gasteiger partial charge >= 0.3 is 0 Å². The van der Waals surface area contributed by atoms with Crippen molar-refractivity contribution in [2.75, 3.05) is 26.7 Å². The van der Waals surface area contributed by atoms with Crippen LogP contribution in [0.2, 0.25) is 0 Å². The number of sulfonamides is 1. The fraction of sp³-hybridized carbons (Fsp3) is 0.538. The van der Waals surface area contributed by atoms with E-state index in [9.17, 15) is 8.42 Å². The molecule has 112 valence electrons. The predicted octanol–water partition coefficient (Wildman–Crippen LogP) is 2.83. The summed E-state index contributed by atoms with van der Waals surface area (Å²) in [6.45, 7) is 2.47. The molecule has 0 aromatic heterocycles. The van der Waals surface area contributed by atoms with Gasteiger partial charge in [0.15, 0.2) is 0 Å². The minimum absolute atomic E-state index is 0.304. The van der Waals surface area contributed by atoms with Crippen molar-refractivity contribution >= 4 is 41.9 Å². The van der Waals surface area contributed by atoms with Gasteiger partial charge in [-0.2, -0.15) is 0 Å². The molecule has 1 aromatic carbocycles. The maximum absolute atomic E-state index is 12.6. The van der Waals surface area contributed by atoms with E-state index in [1.807, 2.05) is 6.07 Å². The van der Waals surface area contributed by atoms with Gasteiger partial charge in [-0.1, -0.05) is 15.9 Å². The van der Waals surface area contributed by atoms with Gasteiger partial charge in [-0.25, -0.2) is 12.7 Å². The van der Waals surface area contributed by atoms with Crippen molar-refractivity contribution < 1.29 is 8.42 Å². The summed E-state index contributed by atoms with van der Waals surface area (Å²) in [6.07, 6.45) is 2.19.